The first-order chi connectivity index (χ1) is 9.08. The Labute approximate surface area is 120 Å². The molecule has 0 atom stereocenters. The summed E-state index contributed by atoms with van der Waals surface area (Å²) < 4.78 is 5.57. The number of ether oxygens (including phenoxy) is 1. The molecular weight excluding hydrogens is 285 g/mol. The summed E-state index contributed by atoms with van der Waals surface area (Å²) in [5, 5.41) is 0.989. The largest absolute Gasteiger partial charge is 0.487 e. The van der Waals surface area contributed by atoms with Crippen molar-refractivity contribution in [2.24, 2.45) is 5.73 Å². The molecule has 5 heteroatoms. The van der Waals surface area contributed by atoms with Crippen LogP contribution in [0.25, 0.3) is 0 Å². The Kier molecular flexibility index (Phi) is 4.30. The average Bonchev–Trinajstić information content (AvgIpc) is 2.40. The van der Waals surface area contributed by atoms with E-state index in [1.807, 2.05) is 6.07 Å². The molecule has 0 aromatic heterocycles. The van der Waals surface area contributed by atoms with Crippen molar-refractivity contribution in [2.75, 3.05) is 0 Å². The highest BCUT2D eigenvalue weighted by molar-refractivity contribution is 6.34. The van der Waals surface area contributed by atoms with Crippen molar-refractivity contribution < 1.29 is 9.53 Å². The highest BCUT2D eigenvalue weighted by Crippen LogP contribution is 2.28. The van der Waals surface area contributed by atoms with Gasteiger partial charge in [-0.3, -0.25) is 4.79 Å². The van der Waals surface area contributed by atoms with Gasteiger partial charge in [0, 0.05) is 22.2 Å². The van der Waals surface area contributed by atoms with Crippen molar-refractivity contribution in [3.05, 3.63) is 63.6 Å². The van der Waals surface area contributed by atoms with Crippen LogP contribution in [0.3, 0.4) is 0 Å². The summed E-state index contributed by atoms with van der Waals surface area (Å²) >= 11 is 11.9. The molecule has 98 valence electrons. The molecule has 2 N–H and O–H groups in total. The highest BCUT2D eigenvalue weighted by Gasteiger charge is 2.09. The topological polar surface area (TPSA) is 52.3 Å². The fourth-order valence-electron chi connectivity index (χ4n) is 1.63. The van der Waals surface area contributed by atoms with E-state index >= 15 is 0 Å². The maximum Gasteiger partial charge on any atom is 0.249 e. The van der Waals surface area contributed by atoms with Crippen LogP contribution in [0.5, 0.6) is 5.75 Å². The van der Waals surface area contributed by atoms with E-state index in [2.05, 4.69) is 0 Å². The Morgan fingerprint density at radius 2 is 1.89 bits per heavy atom. The number of carbonyl (C=O) groups excluding carboxylic acids is 1. The molecule has 0 fully saturated rings. The lowest BCUT2D eigenvalue weighted by atomic mass is 10.1. The second-order valence-electron chi connectivity index (χ2n) is 3.88. The van der Waals surface area contributed by atoms with Gasteiger partial charge >= 0.3 is 0 Å². The SMILES string of the molecule is NC(=O)c1ccccc1COc1cc(Cl)ccc1Cl. The standard InChI is InChI=1S/C14H11Cl2NO2/c15-10-5-6-12(16)13(7-10)19-8-9-3-1-2-4-11(9)14(17)18/h1-7H,8H2,(H2,17,18). The number of halogens is 2. The van der Waals surface area contributed by atoms with Crippen molar-refractivity contribution in [2.45, 2.75) is 6.61 Å². The fraction of sp³-hybridized carbons (Fsp3) is 0.0714. The van der Waals surface area contributed by atoms with E-state index in [9.17, 15) is 4.79 Å². The molecule has 2 aromatic carbocycles. The number of primary amides is 1. The van der Waals surface area contributed by atoms with Gasteiger partial charge in [-0.05, 0) is 18.2 Å². The fourth-order valence-corrected chi connectivity index (χ4v) is 1.96. The lowest BCUT2D eigenvalue weighted by molar-refractivity contribution is 0.0998. The van der Waals surface area contributed by atoms with Crippen LogP contribution >= 0.6 is 23.2 Å². The van der Waals surface area contributed by atoms with E-state index in [1.165, 1.54) is 0 Å². The van der Waals surface area contributed by atoms with Gasteiger partial charge < -0.3 is 10.5 Å². The Bertz CT molecular complexity index is 614. The maximum absolute atomic E-state index is 11.3. The van der Waals surface area contributed by atoms with Crippen LogP contribution in [0.15, 0.2) is 42.5 Å². The van der Waals surface area contributed by atoms with Gasteiger partial charge in [-0.15, -0.1) is 0 Å². The molecule has 0 aliphatic heterocycles. The molecule has 0 saturated heterocycles. The summed E-state index contributed by atoms with van der Waals surface area (Å²) in [5.41, 5.74) is 6.43. The summed E-state index contributed by atoms with van der Waals surface area (Å²) in [4.78, 5) is 11.3. The Balaban J connectivity index is 2.19. The van der Waals surface area contributed by atoms with Crippen LogP contribution in [0.4, 0.5) is 0 Å². The quantitative estimate of drug-likeness (QED) is 0.935. The smallest absolute Gasteiger partial charge is 0.249 e. The molecule has 2 aromatic rings. The second-order valence-corrected chi connectivity index (χ2v) is 4.73. The van der Waals surface area contributed by atoms with E-state index < -0.39 is 5.91 Å². The van der Waals surface area contributed by atoms with Crippen molar-refractivity contribution in [1.82, 2.24) is 0 Å². The minimum Gasteiger partial charge on any atom is -0.487 e. The average molecular weight is 296 g/mol. The first kappa shape index (κ1) is 13.7. The molecule has 0 unspecified atom stereocenters. The summed E-state index contributed by atoms with van der Waals surface area (Å²) in [6, 6.07) is 11.9. The molecule has 2 rings (SSSR count). The Morgan fingerprint density at radius 3 is 2.63 bits per heavy atom. The molecule has 3 nitrogen and oxygen atoms in total. The minimum absolute atomic E-state index is 0.194. The molecule has 19 heavy (non-hydrogen) atoms. The Hall–Kier alpha value is -1.71. The van der Waals surface area contributed by atoms with E-state index in [0.717, 1.165) is 0 Å². The highest BCUT2D eigenvalue weighted by atomic mass is 35.5. The number of benzene rings is 2. The van der Waals surface area contributed by atoms with Gasteiger partial charge in [-0.2, -0.15) is 0 Å². The van der Waals surface area contributed by atoms with E-state index in [4.69, 9.17) is 33.7 Å². The van der Waals surface area contributed by atoms with E-state index in [0.29, 0.717) is 26.9 Å². The molecule has 0 aliphatic rings. The first-order valence-electron chi connectivity index (χ1n) is 5.53. The molecule has 0 heterocycles. The van der Waals surface area contributed by atoms with Crippen LogP contribution in [-0.2, 0) is 6.61 Å². The summed E-state index contributed by atoms with van der Waals surface area (Å²) in [6.45, 7) is 0.194. The van der Waals surface area contributed by atoms with Gasteiger partial charge in [0.25, 0.3) is 0 Å². The van der Waals surface area contributed by atoms with Crippen molar-refractivity contribution in [3.63, 3.8) is 0 Å². The van der Waals surface area contributed by atoms with Crippen LogP contribution < -0.4 is 10.5 Å². The van der Waals surface area contributed by atoms with Crippen molar-refractivity contribution >= 4 is 29.1 Å². The monoisotopic (exact) mass is 295 g/mol. The van der Waals surface area contributed by atoms with Crippen LogP contribution in [0.1, 0.15) is 15.9 Å². The summed E-state index contributed by atoms with van der Waals surface area (Å²) in [5.74, 6) is -0.0233. The van der Waals surface area contributed by atoms with Gasteiger partial charge in [0.2, 0.25) is 5.91 Å². The Morgan fingerprint density at radius 1 is 1.16 bits per heavy atom. The predicted octanol–water partition coefficient (Wildman–Crippen LogP) is 3.67. The molecule has 0 bridgehead atoms. The zero-order chi connectivity index (χ0) is 13.8. The maximum atomic E-state index is 11.3. The molecule has 0 saturated carbocycles. The lowest BCUT2D eigenvalue weighted by Gasteiger charge is -2.10. The third-order valence-electron chi connectivity index (χ3n) is 2.56. The molecule has 1 amide bonds. The number of carbonyl (C=O) groups is 1. The third-order valence-corrected chi connectivity index (χ3v) is 3.11. The van der Waals surface area contributed by atoms with Crippen molar-refractivity contribution in [3.8, 4) is 5.75 Å². The lowest BCUT2D eigenvalue weighted by Crippen LogP contribution is -2.14. The number of nitrogens with two attached hydrogens (primary N) is 1. The van der Waals surface area contributed by atoms with Gasteiger partial charge in [0.15, 0.2) is 0 Å². The number of hydrogen-bond donors (Lipinski definition) is 1. The normalized spacial score (nSPS) is 10.2. The van der Waals surface area contributed by atoms with Gasteiger partial charge in [0.1, 0.15) is 12.4 Å². The molecule has 0 spiro atoms. The summed E-state index contributed by atoms with van der Waals surface area (Å²) in [7, 11) is 0. The zero-order valence-corrected chi connectivity index (χ0v) is 11.4. The zero-order valence-electron chi connectivity index (χ0n) is 9.90. The van der Waals surface area contributed by atoms with Crippen molar-refractivity contribution in [1.29, 1.82) is 0 Å². The molecular formula is C14H11Cl2NO2. The van der Waals surface area contributed by atoms with Gasteiger partial charge in [-0.25, -0.2) is 0 Å². The summed E-state index contributed by atoms with van der Waals surface area (Å²) in [6.07, 6.45) is 0. The van der Waals surface area contributed by atoms with E-state index in [-0.39, 0.29) is 6.61 Å². The van der Waals surface area contributed by atoms with Gasteiger partial charge in [0.05, 0.1) is 5.02 Å². The number of rotatable bonds is 4. The van der Waals surface area contributed by atoms with Crippen LogP contribution in [0, 0.1) is 0 Å². The van der Waals surface area contributed by atoms with Crippen LogP contribution in [-0.4, -0.2) is 5.91 Å². The van der Waals surface area contributed by atoms with Crippen LogP contribution in [0.2, 0.25) is 10.0 Å². The first-order valence-corrected chi connectivity index (χ1v) is 6.29. The molecule has 0 aliphatic carbocycles. The number of hydrogen-bond acceptors (Lipinski definition) is 2. The van der Waals surface area contributed by atoms with Gasteiger partial charge in [-0.1, -0.05) is 41.4 Å². The minimum atomic E-state index is -0.489. The third kappa shape index (κ3) is 3.40. The second kappa shape index (κ2) is 5.95. The predicted molar refractivity (Wildman–Crippen MR) is 75.8 cm³/mol. The number of amides is 1. The molecule has 0 radical (unpaired) electrons. The van der Waals surface area contributed by atoms with E-state index in [1.54, 1.807) is 36.4 Å².